The summed E-state index contributed by atoms with van der Waals surface area (Å²) in [5.74, 6) is -0.941. The number of aryl methyl sites for hydroxylation is 2. The molecule has 0 aliphatic rings. The van der Waals surface area contributed by atoms with Crippen LogP contribution in [0.1, 0.15) is 28.1 Å². The summed E-state index contributed by atoms with van der Waals surface area (Å²) in [6, 6.07) is 5.76. The molecule has 0 radical (unpaired) electrons. The van der Waals surface area contributed by atoms with Gasteiger partial charge in [-0.1, -0.05) is 18.2 Å². The Bertz CT molecular complexity index is 672. The summed E-state index contributed by atoms with van der Waals surface area (Å²) in [4.78, 5) is 24.2. The summed E-state index contributed by atoms with van der Waals surface area (Å²) >= 11 is 0. The first kappa shape index (κ1) is 14.1. The first-order valence-corrected chi connectivity index (χ1v) is 6.37. The van der Waals surface area contributed by atoms with Crippen molar-refractivity contribution in [1.29, 1.82) is 0 Å². The van der Waals surface area contributed by atoms with Crippen LogP contribution in [-0.4, -0.2) is 35.5 Å². The van der Waals surface area contributed by atoms with Gasteiger partial charge in [0.1, 0.15) is 5.58 Å². The number of carboxylic acids is 1. The molecule has 0 atom stereocenters. The van der Waals surface area contributed by atoms with E-state index in [2.05, 4.69) is 0 Å². The van der Waals surface area contributed by atoms with E-state index in [4.69, 9.17) is 9.52 Å². The Balaban J connectivity index is 2.33. The number of amides is 1. The van der Waals surface area contributed by atoms with Gasteiger partial charge in [-0.25, -0.2) is 0 Å². The van der Waals surface area contributed by atoms with Crippen molar-refractivity contribution in [1.82, 2.24) is 4.90 Å². The summed E-state index contributed by atoms with van der Waals surface area (Å²) in [5.41, 5.74) is 2.47. The van der Waals surface area contributed by atoms with Crippen LogP contribution in [0.2, 0.25) is 0 Å². The van der Waals surface area contributed by atoms with Gasteiger partial charge in [0.15, 0.2) is 5.76 Å². The largest absolute Gasteiger partial charge is 0.481 e. The van der Waals surface area contributed by atoms with E-state index in [-0.39, 0.29) is 24.6 Å². The second kappa shape index (κ2) is 5.36. The molecule has 1 aromatic heterocycles. The van der Waals surface area contributed by atoms with E-state index in [0.29, 0.717) is 5.58 Å². The van der Waals surface area contributed by atoms with E-state index in [9.17, 15) is 9.59 Å². The monoisotopic (exact) mass is 275 g/mol. The van der Waals surface area contributed by atoms with Crippen molar-refractivity contribution < 1.29 is 19.1 Å². The lowest BCUT2D eigenvalue weighted by Gasteiger charge is -2.14. The lowest BCUT2D eigenvalue weighted by molar-refractivity contribution is -0.137. The zero-order chi connectivity index (χ0) is 14.9. The Labute approximate surface area is 116 Å². The highest BCUT2D eigenvalue weighted by molar-refractivity contribution is 5.99. The maximum Gasteiger partial charge on any atom is 0.305 e. The minimum absolute atomic E-state index is 0.0828. The van der Waals surface area contributed by atoms with E-state index < -0.39 is 5.97 Å². The van der Waals surface area contributed by atoms with Gasteiger partial charge in [-0.3, -0.25) is 9.59 Å². The van der Waals surface area contributed by atoms with Gasteiger partial charge in [0.05, 0.1) is 6.42 Å². The first-order valence-electron chi connectivity index (χ1n) is 6.37. The molecule has 1 heterocycles. The topological polar surface area (TPSA) is 70.8 Å². The van der Waals surface area contributed by atoms with Crippen molar-refractivity contribution in [3.05, 3.63) is 35.1 Å². The molecular formula is C15H17NO4. The number of carbonyl (C=O) groups is 2. The number of carboxylic acid groups (broad SMARTS) is 1. The van der Waals surface area contributed by atoms with Crippen molar-refractivity contribution in [2.24, 2.45) is 0 Å². The highest BCUT2D eigenvalue weighted by Crippen LogP contribution is 2.28. The molecule has 0 bridgehead atoms. The van der Waals surface area contributed by atoms with Crippen LogP contribution in [0.5, 0.6) is 0 Å². The molecule has 0 aliphatic carbocycles. The number of hydrogen-bond donors (Lipinski definition) is 1. The summed E-state index contributed by atoms with van der Waals surface area (Å²) in [5, 5.41) is 9.58. The number of rotatable bonds is 4. The van der Waals surface area contributed by atoms with Crippen LogP contribution in [0.15, 0.2) is 22.6 Å². The minimum atomic E-state index is -0.929. The van der Waals surface area contributed by atoms with Crippen molar-refractivity contribution in [3.63, 3.8) is 0 Å². The average molecular weight is 275 g/mol. The van der Waals surface area contributed by atoms with Crippen molar-refractivity contribution in [2.75, 3.05) is 13.6 Å². The number of hydrogen-bond acceptors (Lipinski definition) is 3. The van der Waals surface area contributed by atoms with Gasteiger partial charge >= 0.3 is 5.97 Å². The first-order chi connectivity index (χ1) is 9.41. The van der Waals surface area contributed by atoms with Crippen LogP contribution in [0.25, 0.3) is 11.0 Å². The maximum absolute atomic E-state index is 12.3. The molecule has 2 aromatic rings. The molecule has 5 nitrogen and oxygen atoms in total. The predicted molar refractivity (Wildman–Crippen MR) is 74.9 cm³/mol. The quantitative estimate of drug-likeness (QED) is 0.931. The van der Waals surface area contributed by atoms with Gasteiger partial charge in [0, 0.05) is 24.5 Å². The van der Waals surface area contributed by atoms with Gasteiger partial charge in [0.25, 0.3) is 5.91 Å². The summed E-state index contributed by atoms with van der Waals surface area (Å²) < 4.78 is 5.68. The second-order valence-electron chi connectivity index (χ2n) is 4.88. The summed E-state index contributed by atoms with van der Waals surface area (Å²) in [7, 11) is 1.57. The van der Waals surface area contributed by atoms with Crippen LogP contribution in [-0.2, 0) is 4.79 Å². The molecule has 1 aromatic carbocycles. The van der Waals surface area contributed by atoms with Gasteiger partial charge in [0.2, 0.25) is 0 Å². The lowest BCUT2D eigenvalue weighted by atomic mass is 10.1. The number of furan rings is 1. The smallest absolute Gasteiger partial charge is 0.305 e. The summed E-state index contributed by atoms with van der Waals surface area (Å²) in [6.45, 7) is 3.92. The number of nitrogens with zero attached hydrogens (tertiary/aromatic N) is 1. The van der Waals surface area contributed by atoms with Gasteiger partial charge in [-0.15, -0.1) is 0 Å². The Morgan fingerprint density at radius 1 is 1.30 bits per heavy atom. The molecule has 1 N–H and O–H groups in total. The molecule has 5 heteroatoms. The summed E-state index contributed by atoms with van der Waals surface area (Å²) in [6.07, 6.45) is -0.0828. The third-order valence-corrected chi connectivity index (χ3v) is 3.36. The predicted octanol–water partition coefficient (Wildman–Crippen LogP) is 2.60. The van der Waals surface area contributed by atoms with Crippen molar-refractivity contribution >= 4 is 22.8 Å². The van der Waals surface area contributed by atoms with Gasteiger partial charge < -0.3 is 14.4 Å². The van der Waals surface area contributed by atoms with E-state index in [1.54, 1.807) is 7.05 Å². The molecule has 0 spiro atoms. The van der Waals surface area contributed by atoms with Gasteiger partial charge in [-0.05, 0) is 19.4 Å². The molecular weight excluding hydrogens is 258 g/mol. The molecule has 0 aliphatic heterocycles. The van der Waals surface area contributed by atoms with Crippen LogP contribution < -0.4 is 0 Å². The third kappa shape index (κ3) is 2.52. The zero-order valence-electron chi connectivity index (χ0n) is 11.8. The van der Waals surface area contributed by atoms with Crippen LogP contribution >= 0.6 is 0 Å². The number of carbonyl (C=O) groups excluding carboxylic acids is 1. The van der Waals surface area contributed by atoms with E-state index in [0.717, 1.165) is 16.5 Å². The van der Waals surface area contributed by atoms with Gasteiger partial charge in [-0.2, -0.15) is 0 Å². The number of aliphatic carboxylic acids is 1. The normalized spacial score (nSPS) is 10.8. The Hall–Kier alpha value is -2.30. The average Bonchev–Trinajstić information content (AvgIpc) is 2.74. The second-order valence-corrected chi connectivity index (χ2v) is 4.88. The molecule has 106 valence electrons. The fourth-order valence-electron chi connectivity index (χ4n) is 2.13. The fourth-order valence-corrected chi connectivity index (χ4v) is 2.13. The van der Waals surface area contributed by atoms with Crippen molar-refractivity contribution in [3.8, 4) is 0 Å². The standard InChI is InChI=1S/C15H17NO4/c1-9-5-4-6-11-10(2)14(20-13(9)11)15(19)16(3)8-7-12(17)18/h4-6H,7-8H2,1-3H3,(H,17,18). The molecule has 0 saturated carbocycles. The molecule has 0 unspecified atom stereocenters. The Morgan fingerprint density at radius 3 is 2.60 bits per heavy atom. The van der Waals surface area contributed by atoms with Crippen LogP contribution in [0.4, 0.5) is 0 Å². The molecule has 1 amide bonds. The van der Waals surface area contributed by atoms with Crippen LogP contribution in [0, 0.1) is 13.8 Å². The Morgan fingerprint density at radius 2 is 2.00 bits per heavy atom. The number of benzene rings is 1. The Kier molecular flexibility index (Phi) is 3.79. The molecule has 0 fully saturated rings. The molecule has 0 saturated heterocycles. The van der Waals surface area contributed by atoms with E-state index in [1.807, 2.05) is 32.0 Å². The molecule has 20 heavy (non-hydrogen) atoms. The number of fused-ring (bicyclic) bond motifs is 1. The van der Waals surface area contributed by atoms with Crippen LogP contribution in [0.3, 0.4) is 0 Å². The third-order valence-electron chi connectivity index (χ3n) is 3.36. The highest BCUT2D eigenvalue weighted by atomic mass is 16.4. The maximum atomic E-state index is 12.3. The van der Waals surface area contributed by atoms with E-state index in [1.165, 1.54) is 4.90 Å². The minimum Gasteiger partial charge on any atom is -0.481 e. The highest BCUT2D eigenvalue weighted by Gasteiger charge is 2.21. The zero-order valence-corrected chi connectivity index (χ0v) is 11.8. The lowest BCUT2D eigenvalue weighted by Crippen LogP contribution is -2.29. The fraction of sp³-hybridized carbons (Fsp3) is 0.333. The number of para-hydroxylation sites is 1. The molecule has 2 rings (SSSR count). The van der Waals surface area contributed by atoms with Crippen molar-refractivity contribution in [2.45, 2.75) is 20.3 Å². The van der Waals surface area contributed by atoms with E-state index >= 15 is 0 Å². The SMILES string of the molecule is Cc1c(C(=O)N(C)CCC(=O)O)oc2c(C)cccc12.